The molecular weight excluding hydrogens is 669 g/mol. The van der Waals surface area contributed by atoms with Crippen molar-refractivity contribution in [2.75, 3.05) is 31.1 Å². The van der Waals surface area contributed by atoms with Crippen LogP contribution in [0.3, 0.4) is 0 Å². The van der Waals surface area contributed by atoms with Gasteiger partial charge in [-0.25, -0.2) is 10.1 Å². The molecule has 0 saturated heterocycles. The molecule has 0 aliphatic carbocycles. The minimum Gasteiger partial charge on any atom is -0.396 e. The van der Waals surface area contributed by atoms with Crippen molar-refractivity contribution in [1.82, 2.24) is 9.47 Å². The molecule has 8 heteroatoms. The number of para-hydroxylation sites is 2. The SMILES string of the molecule is [C-]#[N+]C(C#N)=C1C(C#N)=C(c2ccc(N(CCCCCCO)CC(CC)CCCC)cc2)C(=O)N1CCCCCCn1c2ccccc2c2ccccc21. The number of aryl methyl sites for hydroxylation is 1. The third-order valence-electron chi connectivity index (χ3n) is 10.8. The summed E-state index contributed by atoms with van der Waals surface area (Å²) >= 11 is 0. The van der Waals surface area contributed by atoms with Crippen LogP contribution in [0.15, 0.2) is 89.8 Å². The number of nitriles is 2. The Balaban J connectivity index is 1.28. The predicted octanol–water partition coefficient (Wildman–Crippen LogP) is 10.4. The first-order valence-electron chi connectivity index (χ1n) is 19.9. The molecule has 0 spiro atoms. The van der Waals surface area contributed by atoms with Crippen molar-refractivity contribution in [1.29, 1.82) is 10.5 Å². The van der Waals surface area contributed by atoms with Crippen molar-refractivity contribution in [3.8, 4) is 12.1 Å². The monoisotopic (exact) mass is 722 g/mol. The highest BCUT2D eigenvalue weighted by atomic mass is 16.3. The van der Waals surface area contributed by atoms with Gasteiger partial charge in [0.15, 0.2) is 0 Å². The average Bonchev–Trinajstić information content (AvgIpc) is 3.68. The van der Waals surface area contributed by atoms with Crippen molar-refractivity contribution in [3.05, 3.63) is 107 Å². The van der Waals surface area contributed by atoms with E-state index in [4.69, 9.17) is 6.57 Å². The Labute approximate surface area is 321 Å². The Morgan fingerprint density at radius 3 is 2.06 bits per heavy atom. The number of carbonyl (C=O) groups excluding carboxylic acids is 1. The molecule has 280 valence electrons. The van der Waals surface area contributed by atoms with E-state index in [1.807, 2.05) is 30.3 Å². The minimum absolute atomic E-state index is 0.0954. The zero-order chi connectivity index (χ0) is 38.3. The van der Waals surface area contributed by atoms with Gasteiger partial charge in [-0.05, 0) is 67.9 Å². The summed E-state index contributed by atoms with van der Waals surface area (Å²) in [5.74, 6) is 0.252. The summed E-state index contributed by atoms with van der Waals surface area (Å²) in [6, 6.07) is 29.1. The van der Waals surface area contributed by atoms with Crippen LogP contribution in [0, 0.1) is 35.2 Å². The van der Waals surface area contributed by atoms with Crippen LogP contribution >= 0.6 is 0 Å². The highest BCUT2D eigenvalue weighted by Crippen LogP contribution is 2.38. The van der Waals surface area contributed by atoms with Crippen LogP contribution in [0.1, 0.15) is 96.5 Å². The lowest BCUT2D eigenvalue weighted by molar-refractivity contribution is -0.122. The van der Waals surface area contributed by atoms with Gasteiger partial charge in [-0.1, -0.05) is 107 Å². The number of hydrogen-bond donors (Lipinski definition) is 1. The normalized spacial score (nSPS) is 14.4. The number of fused-ring (bicyclic) bond motifs is 3. The van der Waals surface area contributed by atoms with Gasteiger partial charge in [0, 0.05) is 60.3 Å². The van der Waals surface area contributed by atoms with Gasteiger partial charge in [0.25, 0.3) is 11.6 Å². The number of carbonyl (C=O) groups is 1. The first-order chi connectivity index (χ1) is 26.5. The molecular formula is C46H54N6O2. The van der Waals surface area contributed by atoms with Crippen molar-refractivity contribution in [3.63, 3.8) is 0 Å². The number of aromatic nitrogens is 1. The van der Waals surface area contributed by atoms with Gasteiger partial charge < -0.3 is 19.5 Å². The predicted molar refractivity (Wildman–Crippen MR) is 219 cm³/mol. The summed E-state index contributed by atoms with van der Waals surface area (Å²) < 4.78 is 2.39. The molecule has 5 rings (SSSR count). The molecule has 1 atom stereocenters. The average molecular weight is 723 g/mol. The third-order valence-corrected chi connectivity index (χ3v) is 10.8. The quantitative estimate of drug-likeness (QED) is 0.0524. The molecule has 1 aliphatic heterocycles. The number of aliphatic hydroxyl groups excluding tert-OH is 1. The molecule has 0 radical (unpaired) electrons. The van der Waals surface area contributed by atoms with Gasteiger partial charge in [0.1, 0.15) is 6.07 Å². The Morgan fingerprint density at radius 1 is 0.833 bits per heavy atom. The number of aliphatic hydroxyl groups is 1. The number of benzene rings is 3. The van der Waals surface area contributed by atoms with Crippen molar-refractivity contribution in [2.45, 2.75) is 97.4 Å². The summed E-state index contributed by atoms with van der Waals surface area (Å²) in [5.41, 5.74) is 4.41. The zero-order valence-electron chi connectivity index (χ0n) is 32.1. The molecule has 1 amide bonds. The number of amides is 1. The first kappa shape index (κ1) is 39.8. The van der Waals surface area contributed by atoms with Crippen LogP contribution in [0.5, 0.6) is 0 Å². The number of hydrogen-bond acceptors (Lipinski definition) is 5. The zero-order valence-corrected chi connectivity index (χ0v) is 32.1. The third kappa shape index (κ3) is 9.22. The van der Waals surface area contributed by atoms with Crippen LogP contribution in [0.2, 0.25) is 0 Å². The van der Waals surface area contributed by atoms with Crippen LogP contribution in [-0.2, 0) is 11.3 Å². The molecule has 0 bridgehead atoms. The van der Waals surface area contributed by atoms with Crippen LogP contribution in [0.25, 0.3) is 32.2 Å². The molecule has 4 aromatic rings. The second-order valence-corrected chi connectivity index (χ2v) is 14.4. The van der Waals surface area contributed by atoms with Gasteiger partial charge in [-0.15, -0.1) is 0 Å². The highest BCUT2D eigenvalue weighted by Gasteiger charge is 2.38. The van der Waals surface area contributed by atoms with E-state index in [2.05, 4.69) is 82.8 Å². The fraction of sp³-hybridized carbons (Fsp3) is 0.435. The molecule has 8 nitrogen and oxygen atoms in total. The van der Waals surface area contributed by atoms with Gasteiger partial charge in [-0.3, -0.25) is 4.79 Å². The van der Waals surface area contributed by atoms with Gasteiger partial charge in [0.2, 0.25) is 0 Å². The summed E-state index contributed by atoms with van der Waals surface area (Å²) in [7, 11) is 0. The Bertz CT molecular complexity index is 2000. The fourth-order valence-corrected chi connectivity index (χ4v) is 7.86. The van der Waals surface area contributed by atoms with E-state index >= 15 is 0 Å². The Morgan fingerprint density at radius 2 is 1.46 bits per heavy atom. The van der Waals surface area contributed by atoms with Crippen molar-refractivity contribution >= 4 is 39.0 Å². The molecule has 0 fully saturated rings. The largest absolute Gasteiger partial charge is 0.396 e. The standard InChI is InChI=1S/C46H54N6O2/c1-4-6-19-35(5-2)34-50(28-15-9-10-18-31-53)37-26-24-36(25-27-37)44-40(32-47)45(41(33-48)49-3)52(46(44)54)30-17-8-7-16-29-51-42-22-13-11-20-38(42)39-21-12-14-23-43(39)51/h11-14,20-27,35,53H,4-10,15-19,28-31,34H2,1-2H3. The molecule has 1 aromatic heterocycles. The summed E-state index contributed by atoms with van der Waals surface area (Å²) in [4.78, 5) is 21.5. The lowest BCUT2D eigenvalue weighted by Crippen LogP contribution is -2.30. The van der Waals surface area contributed by atoms with E-state index in [9.17, 15) is 20.4 Å². The molecule has 3 aromatic carbocycles. The topological polar surface area (TPSA) is 101 Å². The fourth-order valence-electron chi connectivity index (χ4n) is 7.86. The molecule has 0 saturated carbocycles. The number of anilines is 1. The van der Waals surface area contributed by atoms with E-state index in [0.29, 0.717) is 24.4 Å². The summed E-state index contributed by atoms with van der Waals surface area (Å²) in [5, 5.41) is 32.0. The van der Waals surface area contributed by atoms with Gasteiger partial charge >= 0.3 is 0 Å². The van der Waals surface area contributed by atoms with Gasteiger partial charge in [0.05, 0.1) is 29.5 Å². The lowest BCUT2D eigenvalue weighted by Gasteiger charge is -2.29. The summed E-state index contributed by atoms with van der Waals surface area (Å²) in [6.45, 7) is 15.5. The number of unbranched alkanes of at least 4 members (excludes halogenated alkanes) is 7. The van der Waals surface area contributed by atoms with Crippen LogP contribution in [0.4, 0.5) is 5.69 Å². The maximum Gasteiger partial charge on any atom is 0.286 e. The van der Waals surface area contributed by atoms with Crippen LogP contribution in [-0.4, -0.2) is 46.7 Å². The first-order valence-corrected chi connectivity index (χ1v) is 19.9. The van der Waals surface area contributed by atoms with E-state index in [1.54, 1.807) is 0 Å². The molecule has 1 N–H and O–H groups in total. The second-order valence-electron chi connectivity index (χ2n) is 14.4. The number of nitrogens with zero attached hydrogens (tertiary/aromatic N) is 6. The smallest absolute Gasteiger partial charge is 0.286 e. The molecule has 2 heterocycles. The number of rotatable bonds is 21. The van der Waals surface area contributed by atoms with E-state index < -0.39 is 0 Å². The van der Waals surface area contributed by atoms with Crippen molar-refractivity contribution < 1.29 is 9.90 Å². The maximum absolute atomic E-state index is 14.1. The maximum atomic E-state index is 14.1. The van der Waals surface area contributed by atoms with Gasteiger partial charge in [-0.2, -0.15) is 5.26 Å². The van der Waals surface area contributed by atoms with E-state index in [1.165, 1.54) is 46.0 Å². The molecule has 54 heavy (non-hydrogen) atoms. The summed E-state index contributed by atoms with van der Waals surface area (Å²) in [6.07, 6.45) is 12.1. The van der Waals surface area contributed by atoms with E-state index in [-0.39, 0.29) is 35.1 Å². The second kappa shape index (κ2) is 20.2. The van der Waals surface area contributed by atoms with Crippen molar-refractivity contribution in [2.24, 2.45) is 5.92 Å². The Hall–Kier alpha value is -5.36. The highest BCUT2D eigenvalue weighted by molar-refractivity contribution is 6.25. The number of allylic oxidation sites excluding steroid dienone is 2. The molecule has 1 aliphatic rings. The minimum atomic E-state index is -0.331. The molecule has 1 unspecified atom stereocenters. The van der Waals surface area contributed by atoms with Crippen LogP contribution < -0.4 is 4.90 Å². The Kier molecular flexibility index (Phi) is 14.9. The lowest BCUT2D eigenvalue weighted by atomic mass is 9.97. The van der Waals surface area contributed by atoms with E-state index in [0.717, 1.165) is 76.7 Å².